The normalized spacial score (nSPS) is 28.3. The van der Waals surface area contributed by atoms with Crippen molar-refractivity contribution < 1.29 is 20.4 Å². The molecule has 0 bridgehead atoms. The molecular weight excluding hydrogens is 236 g/mol. The lowest BCUT2D eigenvalue weighted by atomic mass is 10.0. The minimum Gasteiger partial charge on any atom is -0.394 e. The lowest BCUT2D eigenvalue weighted by Gasteiger charge is -2.26. The minimum absolute atomic E-state index is 0.170. The second-order valence-electron chi connectivity index (χ2n) is 4.89. The Kier molecular flexibility index (Phi) is 7.73. The van der Waals surface area contributed by atoms with E-state index in [1.54, 1.807) is 0 Å². The second kappa shape index (κ2) is 8.79. The summed E-state index contributed by atoms with van der Waals surface area (Å²) in [7, 11) is 0. The predicted molar refractivity (Wildman–Crippen MR) is 68.2 cm³/mol. The van der Waals surface area contributed by atoms with Gasteiger partial charge >= 0.3 is 0 Å². The van der Waals surface area contributed by atoms with Crippen molar-refractivity contribution in [1.29, 1.82) is 0 Å². The van der Waals surface area contributed by atoms with E-state index in [4.69, 9.17) is 10.2 Å². The molecule has 6 heteroatoms. The highest BCUT2D eigenvalue weighted by Gasteiger charge is 2.32. The van der Waals surface area contributed by atoms with Gasteiger partial charge in [0, 0.05) is 6.04 Å². The zero-order chi connectivity index (χ0) is 13.4. The third kappa shape index (κ3) is 5.17. The molecular formula is C12H26N2O4. The van der Waals surface area contributed by atoms with Gasteiger partial charge < -0.3 is 31.1 Å². The molecule has 0 aromatic rings. The van der Waals surface area contributed by atoms with Crippen LogP contribution in [0, 0.1) is 0 Å². The molecule has 0 aromatic carbocycles. The van der Waals surface area contributed by atoms with Crippen LogP contribution < -0.4 is 10.6 Å². The van der Waals surface area contributed by atoms with Crippen LogP contribution in [0.3, 0.4) is 0 Å². The number of hydrogen-bond donors (Lipinski definition) is 6. The van der Waals surface area contributed by atoms with Crippen molar-refractivity contribution in [3.8, 4) is 0 Å². The van der Waals surface area contributed by atoms with Crippen molar-refractivity contribution in [3.05, 3.63) is 0 Å². The van der Waals surface area contributed by atoms with E-state index >= 15 is 0 Å². The Labute approximate surface area is 108 Å². The molecule has 108 valence electrons. The van der Waals surface area contributed by atoms with Gasteiger partial charge in [0.25, 0.3) is 0 Å². The van der Waals surface area contributed by atoms with Gasteiger partial charge in [-0.2, -0.15) is 0 Å². The maximum Gasteiger partial charge on any atom is 0.109 e. The summed E-state index contributed by atoms with van der Waals surface area (Å²) in [6.45, 7) is 2.79. The SMILES string of the molecule is C1CCNC1.OC[C@H](O)[C@@H](O)[C@H](O)C1CCCN1. The molecule has 0 saturated carbocycles. The maximum atomic E-state index is 9.54. The monoisotopic (exact) mass is 262 g/mol. The zero-order valence-electron chi connectivity index (χ0n) is 10.8. The fourth-order valence-electron chi connectivity index (χ4n) is 2.20. The van der Waals surface area contributed by atoms with Crippen LogP contribution in [-0.4, -0.2) is 71.0 Å². The average molecular weight is 262 g/mol. The first kappa shape index (κ1) is 15.8. The Morgan fingerprint density at radius 2 is 1.67 bits per heavy atom. The topological polar surface area (TPSA) is 105 Å². The molecule has 0 radical (unpaired) electrons. The smallest absolute Gasteiger partial charge is 0.109 e. The lowest BCUT2D eigenvalue weighted by molar-refractivity contribution is -0.0851. The molecule has 18 heavy (non-hydrogen) atoms. The summed E-state index contributed by atoms with van der Waals surface area (Å²) >= 11 is 0. The molecule has 2 fully saturated rings. The van der Waals surface area contributed by atoms with Gasteiger partial charge in [-0.15, -0.1) is 0 Å². The van der Waals surface area contributed by atoms with Crippen LogP contribution >= 0.6 is 0 Å². The number of aliphatic hydroxyl groups is 4. The van der Waals surface area contributed by atoms with Crippen LogP contribution in [-0.2, 0) is 0 Å². The Hall–Kier alpha value is -0.240. The fraction of sp³-hybridized carbons (Fsp3) is 1.00. The zero-order valence-corrected chi connectivity index (χ0v) is 10.8. The average Bonchev–Trinajstić information content (AvgIpc) is 3.09. The summed E-state index contributed by atoms with van der Waals surface area (Å²) in [5.41, 5.74) is 0. The van der Waals surface area contributed by atoms with Gasteiger partial charge in [0.15, 0.2) is 0 Å². The summed E-state index contributed by atoms with van der Waals surface area (Å²) < 4.78 is 0. The second-order valence-corrected chi connectivity index (χ2v) is 4.89. The van der Waals surface area contributed by atoms with Gasteiger partial charge in [-0.25, -0.2) is 0 Å². The standard InChI is InChI=1S/C8H17NO4.C4H9N/c10-4-6(11)8(13)7(12)5-2-1-3-9-5;1-2-4-5-3-1/h5-13H,1-4H2;5H,1-4H2/t5?,6-,7+,8+;/m0./s1. The lowest BCUT2D eigenvalue weighted by Crippen LogP contribution is -2.48. The van der Waals surface area contributed by atoms with Gasteiger partial charge in [-0.3, -0.25) is 0 Å². The number of aliphatic hydroxyl groups excluding tert-OH is 4. The van der Waals surface area contributed by atoms with Gasteiger partial charge in [-0.1, -0.05) is 0 Å². The van der Waals surface area contributed by atoms with Gasteiger partial charge in [0.05, 0.1) is 12.7 Å². The first-order valence-electron chi connectivity index (χ1n) is 6.76. The quantitative estimate of drug-likeness (QED) is 0.356. The van der Waals surface area contributed by atoms with Crippen molar-refractivity contribution in [2.45, 2.75) is 50.0 Å². The highest BCUT2D eigenvalue weighted by atomic mass is 16.4. The van der Waals surface area contributed by atoms with Crippen molar-refractivity contribution in [1.82, 2.24) is 10.6 Å². The van der Waals surface area contributed by atoms with E-state index in [1.165, 1.54) is 25.9 Å². The summed E-state index contributed by atoms with van der Waals surface area (Å²) in [4.78, 5) is 0. The van der Waals surface area contributed by atoms with E-state index in [1.807, 2.05) is 0 Å². The van der Waals surface area contributed by atoms with Crippen molar-refractivity contribution in [2.75, 3.05) is 26.2 Å². The summed E-state index contributed by atoms with van der Waals surface area (Å²) in [6.07, 6.45) is 0.975. The molecule has 2 aliphatic heterocycles. The van der Waals surface area contributed by atoms with Crippen LogP contribution in [0.1, 0.15) is 25.7 Å². The van der Waals surface area contributed by atoms with E-state index in [0.29, 0.717) is 0 Å². The van der Waals surface area contributed by atoms with Crippen LogP contribution in [0.15, 0.2) is 0 Å². The van der Waals surface area contributed by atoms with E-state index in [0.717, 1.165) is 19.4 Å². The maximum absolute atomic E-state index is 9.54. The highest BCUT2D eigenvalue weighted by molar-refractivity contribution is 4.88. The van der Waals surface area contributed by atoms with Crippen LogP contribution in [0.5, 0.6) is 0 Å². The Bertz CT molecular complexity index is 201. The van der Waals surface area contributed by atoms with E-state index in [2.05, 4.69) is 10.6 Å². The molecule has 6 nitrogen and oxygen atoms in total. The van der Waals surface area contributed by atoms with Gasteiger partial charge in [0.2, 0.25) is 0 Å². The highest BCUT2D eigenvalue weighted by Crippen LogP contribution is 2.13. The molecule has 2 saturated heterocycles. The molecule has 4 atom stereocenters. The molecule has 0 spiro atoms. The van der Waals surface area contributed by atoms with E-state index in [-0.39, 0.29) is 6.04 Å². The van der Waals surface area contributed by atoms with Crippen LogP contribution in [0.2, 0.25) is 0 Å². The molecule has 0 amide bonds. The summed E-state index contributed by atoms with van der Waals surface area (Å²) in [5.74, 6) is 0. The van der Waals surface area contributed by atoms with E-state index < -0.39 is 24.9 Å². The predicted octanol–water partition coefficient (Wildman–Crippen LogP) is -1.82. The molecule has 2 aliphatic rings. The minimum atomic E-state index is -1.28. The third-order valence-corrected chi connectivity index (χ3v) is 3.40. The van der Waals surface area contributed by atoms with Gasteiger partial charge in [0.1, 0.15) is 12.2 Å². The van der Waals surface area contributed by atoms with Crippen molar-refractivity contribution in [3.63, 3.8) is 0 Å². The Morgan fingerprint density at radius 1 is 1.00 bits per heavy atom. The number of nitrogens with one attached hydrogen (secondary N) is 2. The van der Waals surface area contributed by atoms with Crippen molar-refractivity contribution in [2.24, 2.45) is 0 Å². The summed E-state index contributed by atoms with van der Waals surface area (Å²) in [5, 5.41) is 42.7. The molecule has 2 rings (SSSR count). The van der Waals surface area contributed by atoms with Crippen LogP contribution in [0.4, 0.5) is 0 Å². The Morgan fingerprint density at radius 3 is 2.06 bits per heavy atom. The first-order chi connectivity index (χ1) is 8.66. The third-order valence-electron chi connectivity index (χ3n) is 3.40. The van der Waals surface area contributed by atoms with E-state index in [9.17, 15) is 10.2 Å². The first-order valence-corrected chi connectivity index (χ1v) is 6.76. The van der Waals surface area contributed by atoms with Crippen molar-refractivity contribution >= 4 is 0 Å². The largest absolute Gasteiger partial charge is 0.394 e. The molecule has 0 aliphatic carbocycles. The summed E-state index contributed by atoms with van der Waals surface area (Å²) in [6, 6.07) is -0.170. The molecule has 0 aromatic heterocycles. The molecule has 1 unspecified atom stereocenters. The fourth-order valence-corrected chi connectivity index (χ4v) is 2.20. The number of hydrogen-bond acceptors (Lipinski definition) is 6. The van der Waals surface area contributed by atoms with Gasteiger partial charge in [-0.05, 0) is 45.3 Å². The Balaban J connectivity index is 0.000000269. The number of rotatable bonds is 4. The molecule has 2 heterocycles. The van der Waals surface area contributed by atoms with Crippen LogP contribution in [0.25, 0.3) is 0 Å². The molecule has 6 N–H and O–H groups in total.